The fourth-order valence-electron chi connectivity index (χ4n) is 3.38. The summed E-state index contributed by atoms with van der Waals surface area (Å²) >= 11 is 1.12. The quantitative estimate of drug-likeness (QED) is 0.393. The number of imide groups is 1. The lowest BCUT2D eigenvalue weighted by Crippen LogP contribution is -2.37. The third kappa shape index (κ3) is 3.30. The number of anilines is 1. The minimum atomic E-state index is -0.569. The zero-order valence-electron chi connectivity index (χ0n) is 15.8. The van der Waals surface area contributed by atoms with E-state index < -0.39 is 29.9 Å². The number of thiazole rings is 1. The zero-order valence-corrected chi connectivity index (χ0v) is 16.6. The SMILES string of the molecule is O=C(CN1C(=O)c2ccccc2C1=O)Nc1nc(-c2cc3ccccc3oc2=O)cs1. The van der Waals surface area contributed by atoms with Gasteiger partial charge in [0.25, 0.3) is 11.8 Å². The van der Waals surface area contributed by atoms with Gasteiger partial charge in [0.05, 0.1) is 22.4 Å². The monoisotopic (exact) mass is 431 g/mol. The van der Waals surface area contributed by atoms with Crippen molar-refractivity contribution in [1.29, 1.82) is 0 Å². The Morgan fingerprint density at radius 1 is 0.968 bits per heavy atom. The molecule has 0 spiro atoms. The predicted molar refractivity (Wildman–Crippen MR) is 114 cm³/mol. The van der Waals surface area contributed by atoms with E-state index in [2.05, 4.69) is 10.3 Å². The van der Waals surface area contributed by atoms with Crippen LogP contribution in [-0.2, 0) is 4.79 Å². The van der Waals surface area contributed by atoms with Crippen LogP contribution in [0.3, 0.4) is 0 Å². The number of benzene rings is 2. The van der Waals surface area contributed by atoms with Crippen molar-refractivity contribution in [1.82, 2.24) is 9.88 Å². The number of carbonyl (C=O) groups excluding carboxylic acids is 3. The summed E-state index contributed by atoms with van der Waals surface area (Å²) in [6.45, 7) is -0.431. The molecule has 0 saturated carbocycles. The molecule has 5 rings (SSSR count). The van der Waals surface area contributed by atoms with Crippen LogP contribution in [0.4, 0.5) is 5.13 Å². The first kappa shape index (κ1) is 18.9. The standard InChI is InChI=1S/C22H13N3O5S/c26-18(10-25-19(27)13-6-2-3-7-14(13)20(25)28)24-22-23-16(11-31-22)15-9-12-5-1-4-8-17(12)30-21(15)29/h1-9,11H,10H2,(H,23,24,26). The molecule has 9 heteroatoms. The number of amides is 3. The topological polar surface area (TPSA) is 110 Å². The number of carbonyl (C=O) groups is 3. The molecular weight excluding hydrogens is 418 g/mol. The van der Waals surface area contributed by atoms with Crippen LogP contribution in [0.25, 0.3) is 22.2 Å². The van der Waals surface area contributed by atoms with Crippen LogP contribution in [0.2, 0.25) is 0 Å². The molecule has 0 bridgehead atoms. The number of aromatic nitrogens is 1. The van der Waals surface area contributed by atoms with E-state index in [1.165, 1.54) is 0 Å². The molecule has 31 heavy (non-hydrogen) atoms. The maximum Gasteiger partial charge on any atom is 0.345 e. The zero-order chi connectivity index (χ0) is 21.5. The first-order chi connectivity index (χ1) is 15.0. The predicted octanol–water partition coefficient (Wildman–Crippen LogP) is 3.15. The van der Waals surface area contributed by atoms with Crippen molar-refractivity contribution < 1.29 is 18.8 Å². The summed E-state index contributed by atoms with van der Waals surface area (Å²) in [5, 5.41) is 5.19. The number of hydrogen-bond acceptors (Lipinski definition) is 7. The van der Waals surface area contributed by atoms with Crippen molar-refractivity contribution >= 4 is 45.2 Å². The highest BCUT2D eigenvalue weighted by Gasteiger charge is 2.36. The second kappa shape index (κ2) is 7.29. The fraction of sp³-hybridized carbons (Fsp3) is 0.0455. The van der Waals surface area contributed by atoms with Gasteiger partial charge in [-0.25, -0.2) is 9.78 Å². The fourth-order valence-corrected chi connectivity index (χ4v) is 4.11. The highest BCUT2D eigenvalue weighted by atomic mass is 32.1. The van der Waals surface area contributed by atoms with Gasteiger partial charge in [0.15, 0.2) is 5.13 Å². The molecule has 2 aromatic heterocycles. The number of fused-ring (bicyclic) bond motifs is 2. The Kier molecular flexibility index (Phi) is 4.45. The van der Waals surface area contributed by atoms with Gasteiger partial charge >= 0.3 is 5.63 Å². The van der Waals surface area contributed by atoms with Crippen LogP contribution < -0.4 is 10.9 Å². The lowest BCUT2D eigenvalue weighted by molar-refractivity contribution is -0.116. The van der Waals surface area contributed by atoms with E-state index in [9.17, 15) is 19.2 Å². The van der Waals surface area contributed by atoms with E-state index in [1.807, 2.05) is 12.1 Å². The Hall–Kier alpha value is -4.11. The molecule has 1 N–H and O–H groups in total. The molecule has 1 aliphatic heterocycles. The smallest absolute Gasteiger partial charge is 0.345 e. The van der Waals surface area contributed by atoms with E-state index in [0.29, 0.717) is 11.3 Å². The van der Waals surface area contributed by atoms with Gasteiger partial charge in [-0.05, 0) is 24.3 Å². The Morgan fingerprint density at radius 3 is 2.39 bits per heavy atom. The van der Waals surface area contributed by atoms with Gasteiger partial charge in [-0.15, -0.1) is 11.3 Å². The van der Waals surface area contributed by atoms with E-state index in [1.54, 1.807) is 47.8 Å². The van der Waals surface area contributed by atoms with Gasteiger partial charge in [-0.2, -0.15) is 0 Å². The number of nitrogens with zero attached hydrogens (tertiary/aromatic N) is 2. The summed E-state index contributed by atoms with van der Waals surface area (Å²) in [4.78, 5) is 54.7. The van der Waals surface area contributed by atoms with Gasteiger partial charge in [-0.1, -0.05) is 30.3 Å². The Labute approximate surface area is 178 Å². The highest BCUT2D eigenvalue weighted by Crippen LogP contribution is 2.26. The average Bonchev–Trinajstić information content (AvgIpc) is 3.32. The molecular formula is C22H13N3O5S. The summed E-state index contributed by atoms with van der Waals surface area (Å²) < 4.78 is 5.32. The second-order valence-corrected chi connectivity index (χ2v) is 7.67. The Bertz CT molecular complexity index is 1400. The van der Waals surface area contributed by atoms with Crippen molar-refractivity contribution in [3.05, 3.63) is 81.5 Å². The average molecular weight is 431 g/mol. The van der Waals surface area contributed by atoms with Crippen molar-refractivity contribution in [2.24, 2.45) is 0 Å². The van der Waals surface area contributed by atoms with Crippen LogP contribution >= 0.6 is 11.3 Å². The first-order valence-electron chi connectivity index (χ1n) is 9.25. The van der Waals surface area contributed by atoms with Gasteiger partial charge in [0.2, 0.25) is 5.91 Å². The van der Waals surface area contributed by atoms with Crippen molar-refractivity contribution in [2.75, 3.05) is 11.9 Å². The summed E-state index contributed by atoms with van der Waals surface area (Å²) in [5.41, 5.74) is 1.13. The van der Waals surface area contributed by atoms with Crippen molar-refractivity contribution in [3.8, 4) is 11.3 Å². The lowest BCUT2D eigenvalue weighted by atomic mass is 10.1. The number of nitrogens with one attached hydrogen (secondary N) is 1. The molecule has 8 nitrogen and oxygen atoms in total. The van der Waals surface area contributed by atoms with Gasteiger partial charge in [0, 0.05) is 10.8 Å². The minimum absolute atomic E-state index is 0.240. The van der Waals surface area contributed by atoms with E-state index >= 15 is 0 Å². The van der Waals surface area contributed by atoms with Crippen LogP contribution in [0, 0.1) is 0 Å². The minimum Gasteiger partial charge on any atom is -0.422 e. The maximum absolute atomic E-state index is 12.4. The summed E-state index contributed by atoms with van der Waals surface area (Å²) in [7, 11) is 0. The molecule has 2 aromatic carbocycles. The van der Waals surface area contributed by atoms with Crippen LogP contribution in [-0.4, -0.2) is 34.2 Å². The molecule has 152 valence electrons. The molecule has 0 saturated heterocycles. The number of hydrogen-bond donors (Lipinski definition) is 1. The third-order valence-electron chi connectivity index (χ3n) is 4.85. The van der Waals surface area contributed by atoms with E-state index in [4.69, 9.17) is 4.42 Å². The first-order valence-corrected chi connectivity index (χ1v) is 10.1. The molecule has 0 fully saturated rings. The second-order valence-electron chi connectivity index (χ2n) is 6.81. The molecule has 0 atom stereocenters. The molecule has 1 aliphatic rings. The maximum atomic E-state index is 12.4. The Balaban J connectivity index is 1.33. The van der Waals surface area contributed by atoms with Crippen molar-refractivity contribution in [3.63, 3.8) is 0 Å². The molecule has 0 radical (unpaired) electrons. The van der Waals surface area contributed by atoms with E-state index in [0.717, 1.165) is 21.6 Å². The van der Waals surface area contributed by atoms with Gasteiger partial charge < -0.3 is 9.73 Å². The number of rotatable bonds is 4. The lowest BCUT2D eigenvalue weighted by Gasteiger charge is -2.12. The molecule has 0 unspecified atom stereocenters. The molecule has 3 heterocycles. The van der Waals surface area contributed by atoms with Gasteiger partial charge in [0.1, 0.15) is 12.1 Å². The highest BCUT2D eigenvalue weighted by molar-refractivity contribution is 7.14. The summed E-state index contributed by atoms with van der Waals surface area (Å²) in [5.74, 6) is -1.59. The Morgan fingerprint density at radius 2 is 1.65 bits per heavy atom. The molecule has 4 aromatic rings. The summed E-state index contributed by atoms with van der Waals surface area (Å²) in [6.07, 6.45) is 0. The van der Waals surface area contributed by atoms with Crippen LogP contribution in [0.15, 0.2) is 69.2 Å². The molecule has 0 aliphatic carbocycles. The largest absolute Gasteiger partial charge is 0.422 e. The normalized spacial score (nSPS) is 13.0. The third-order valence-corrected chi connectivity index (χ3v) is 5.61. The molecule has 3 amide bonds. The van der Waals surface area contributed by atoms with Crippen LogP contribution in [0.1, 0.15) is 20.7 Å². The van der Waals surface area contributed by atoms with Crippen molar-refractivity contribution in [2.45, 2.75) is 0 Å². The van der Waals surface area contributed by atoms with Crippen LogP contribution in [0.5, 0.6) is 0 Å². The van der Waals surface area contributed by atoms with E-state index in [-0.39, 0.29) is 21.8 Å². The van der Waals surface area contributed by atoms with Gasteiger partial charge in [-0.3, -0.25) is 19.3 Å². The summed E-state index contributed by atoms with van der Waals surface area (Å²) in [6, 6.07) is 15.2. The number of para-hydroxylation sites is 1.